The molecule has 0 unspecified atom stereocenters. The Labute approximate surface area is 219 Å². The fourth-order valence-electron chi connectivity index (χ4n) is 4.23. The van der Waals surface area contributed by atoms with Gasteiger partial charge in [-0.15, -0.1) is 10.2 Å². The van der Waals surface area contributed by atoms with Crippen molar-refractivity contribution in [3.05, 3.63) is 60.0 Å². The van der Waals surface area contributed by atoms with Crippen LogP contribution in [0.1, 0.15) is 25.3 Å². The van der Waals surface area contributed by atoms with E-state index in [9.17, 15) is 12.8 Å². The van der Waals surface area contributed by atoms with Gasteiger partial charge in [-0.1, -0.05) is 25.1 Å². The van der Waals surface area contributed by atoms with E-state index in [2.05, 4.69) is 25.5 Å². The maximum Gasteiger partial charge on any atom is 0.270 e. The lowest BCUT2D eigenvalue weighted by atomic mass is 10.1. The molecule has 0 spiro atoms. The minimum Gasteiger partial charge on any atom is -0.414 e. The number of nitrogens with zero attached hydrogens (tertiary/aromatic N) is 4. The Bertz CT molecular complexity index is 1540. The number of nitrogens with one attached hydrogen (secondary N) is 1. The second-order valence-electron chi connectivity index (χ2n) is 8.88. The van der Waals surface area contributed by atoms with Gasteiger partial charge in [0.15, 0.2) is 21.3 Å². The monoisotopic (exact) mass is 538 g/mol. The van der Waals surface area contributed by atoms with Crippen molar-refractivity contribution in [2.24, 2.45) is 0 Å². The molecule has 0 bridgehead atoms. The van der Waals surface area contributed by atoms with Gasteiger partial charge in [0, 0.05) is 25.3 Å². The minimum atomic E-state index is -3.46. The number of anilines is 1. The summed E-state index contributed by atoms with van der Waals surface area (Å²) in [5.41, 5.74) is 8.20. The molecule has 4 aromatic rings. The van der Waals surface area contributed by atoms with Crippen molar-refractivity contribution in [1.29, 1.82) is 0 Å². The van der Waals surface area contributed by atoms with Crippen LogP contribution in [0.5, 0.6) is 0 Å². The zero-order valence-electron chi connectivity index (χ0n) is 20.7. The van der Waals surface area contributed by atoms with Crippen molar-refractivity contribution in [2.75, 3.05) is 25.5 Å². The first-order chi connectivity index (χ1) is 18.4. The zero-order valence-corrected chi connectivity index (χ0v) is 21.5. The molecule has 5 rings (SSSR count). The molecule has 12 heteroatoms. The Balaban J connectivity index is 1.39. The number of nitrogens with two attached hydrogens (primary N) is 1. The topological polar surface area (TPSA) is 146 Å². The van der Waals surface area contributed by atoms with Crippen molar-refractivity contribution in [1.82, 2.24) is 25.5 Å². The molecule has 0 radical (unpaired) electrons. The molecule has 2 aromatic heterocycles. The summed E-state index contributed by atoms with van der Waals surface area (Å²) in [5, 5.41) is 10.7. The van der Waals surface area contributed by atoms with Crippen molar-refractivity contribution >= 4 is 15.7 Å². The largest absolute Gasteiger partial charge is 0.414 e. The first-order valence-electron chi connectivity index (χ1n) is 12.2. The van der Waals surface area contributed by atoms with Crippen molar-refractivity contribution in [3.8, 4) is 34.3 Å². The van der Waals surface area contributed by atoms with Crippen LogP contribution in [-0.4, -0.2) is 53.6 Å². The fraction of sp³-hybridized carbons (Fsp3) is 0.308. The van der Waals surface area contributed by atoms with Crippen LogP contribution < -0.4 is 11.1 Å². The summed E-state index contributed by atoms with van der Waals surface area (Å²) in [6.07, 6.45) is 2.43. The van der Waals surface area contributed by atoms with E-state index in [0.717, 1.165) is 12.1 Å². The van der Waals surface area contributed by atoms with Crippen LogP contribution in [0, 0.1) is 5.82 Å². The normalized spacial score (nSPS) is 14.6. The summed E-state index contributed by atoms with van der Waals surface area (Å²) < 4.78 is 51.7. The van der Waals surface area contributed by atoms with E-state index in [1.54, 1.807) is 36.4 Å². The molecular weight excluding hydrogens is 511 g/mol. The Morgan fingerprint density at radius 2 is 1.82 bits per heavy atom. The second kappa shape index (κ2) is 10.9. The van der Waals surface area contributed by atoms with Gasteiger partial charge in [-0.25, -0.2) is 22.8 Å². The molecule has 0 amide bonds. The Kier molecular flexibility index (Phi) is 7.45. The average molecular weight is 539 g/mol. The number of hydrogen-bond acceptors (Lipinski definition) is 10. The summed E-state index contributed by atoms with van der Waals surface area (Å²) in [5.74, 6) is -0.452. The van der Waals surface area contributed by atoms with Gasteiger partial charge in [-0.05, 0) is 49.2 Å². The van der Waals surface area contributed by atoms with Crippen LogP contribution in [0.3, 0.4) is 0 Å². The molecule has 0 atom stereocenters. The highest BCUT2D eigenvalue weighted by Crippen LogP contribution is 2.30. The summed E-state index contributed by atoms with van der Waals surface area (Å²) in [4.78, 5) is 8.96. The Hall–Kier alpha value is -3.74. The molecule has 198 valence electrons. The molecule has 0 saturated carbocycles. The quantitative estimate of drug-likeness (QED) is 0.341. The highest BCUT2D eigenvalue weighted by Gasteiger charge is 2.29. The molecule has 1 fully saturated rings. The van der Waals surface area contributed by atoms with E-state index in [-0.39, 0.29) is 33.8 Å². The van der Waals surface area contributed by atoms with E-state index in [1.807, 2.05) is 6.92 Å². The second-order valence-corrected chi connectivity index (χ2v) is 11.1. The van der Waals surface area contributed by atoms with Gasteiger partial charge in [-0.3, -0.25) is 0 Å². The van der Waals surface area contributed by atoms with Crippen LogP contribution in [0.15, 0.2) is 58.0 Å². The lowest BCUT2D eigenvalue weighted by Gasteiger charge is -2.22. The lowest BCUT2D eigenvalue weighted by molar-refractivity contribution is 0.0983. The molecule has 3 N–H and O–H groups in total. The predicted molar refractivity (Wildman–Crippen MR) is 139 cm³/mol. The number of benzene rings is 2. The molecule has 1 saturated heterocycles. The van der Waals surface area contributed by atoms with Gasteiger partial charge >= 0.3 is 0 Å². The highest BCUT2D eigenvalue weighted by atomic mass is 32.2. The number of sulfone groups is 1. The maximum absolute atomic E-state index is 14.7. The van der Waals surface area contributed by atoms with Gasteiger partial charge < -0.3 is 20.2 Å². The number of nitrogen functional groups attached to an aromatic ring is 1. The molecule has 10 nitrogen and oxygen atoms in total. The lowest BCUT2D eigenvalue weighted by Crippen LogP contribution is -2.28. The number of halogens is 1. The van der Waals surface area contributed by atoms with Gasteiger partial charge in [0.25, 0.3) is 11.8 Å². The van der Waals surface area contributed by atoms with Crippen LogP contribution in [-0.2, 0) is 21.1 Å². The van der Waals surface area contributed by atoms with Gasteiger partial charge in [0.05, 0.1) is 27.6 Å². The van der Waals surface area contributed by atoms with Crippen molar-refractivity contribution in [3.63, 3.8) is 0 Å². The van der Waals surface area contributed by atoms with E-state index < -0.39 is 20.9 Å². The Morgan fingerprint density at radius 3 is 2.53 bits per heavy atom. The number of hydrogen-bond donors (Lipinski definition) is 2. The smallest absolute Gasteiger partial charge is 0.270 e. The molecule has 2 aromatic carbocycles. The molecule has 3 heterocycles. The first kappa shape index (κ1) is 25.9. The first-order valence-corrected chi connectivity index (χ1v) is 13.8. The van der Waals surface area contributed by atoms with E-state index in [4.69, 9.17) is 14.9 Å². The third kappa shape index (κ3) is 5.28. The molecular formula is C26H27FN6O4S. The van der Waals surface area contributed by atoms with Gasteiger partial charge in [0.1, 0.15) is 5.82 Å². The summed E-state index contributed by atoms with van der Waals surface area (Å²) in [7, 11) is -3.46. The van der Waals surface area contributed by atoms with Crippen molar-refractivity contribution < 1.29 is 22.0 Å². The summed E-state index contributed by atoms with van der Waals surface area (Å²) >= 11 is 0. The number of ether oxygens (including phenoxy) is 1. The Morgan fingerprint density at radius 1 is 1.08 bits per heavy atom. The summed E-state index contributed by atoms with van der Waals surface area (Å²) in [6.45, 7) is 4.18. The highest BCUT2D eigenvalue weighted by molar-refractivity contribution is 7.92. The molecule has 1 aliphatic heterocycles. The standard InChI is InChI=1S/C26H27FN6O4S/c1-2-29-14-16-3-8-20(21(27)13-16)25-32-33-26(37-25)23-24(28)30-15-22(31-23)17-4-6-18(7-5-17)38(34,35)19-9-11-36-12-10-19/h3-8,13,15,19,29H,2,9-12,14H2,1H3,(H2,28,30). The van der Waals surface area contributed by atoms with Crippen LogP contribution in [0.2, 0.25) is 0 Å². The van der Waals surface area contributed by atoms with Gasteiger partial charge in [-0.2, -0.15) is 0 Å². The summed E-state index contributed by atoms with van der Waals surface area (Å²) in [6, 6.07) is 11.2. The SMILES string of the molecule is CCNCc1ccc(-c2nnc(-c3nc(-c4ccc(S(=O)(=O)C5CCOCC5)cc4)cnc3N)o2)c(F)c1. The van der Waals surface area contributed by atoms with Gasteiger partial charge in [0.2, 0.25) is 0 Å². The zero-order chi connectivity index (χ0) is 26.7. The van der Waals surface area contributed by atoms with Crippen LogP contribution in [0.4, 0.5) is 10.2 Å². The van der Waals surface area contributed by atoms with E-state index in [0.29, 0.717) is 43.9 Å². The molecule has 1 aliphatic rings. The van der Waals surface area contributed by atoms with Crippen molar-refractivity contribution in [2.45, 2.75) is 36.5 Å². The van der Waals surface area contributed by atoms with Crippen LogP contribution >= 0.6 is 0 Å². The number of rotatable bonds is 8. The third-order valence-electron chi connectivity index (χ3n) is 6.36. The van der Waals surface area contributed by atoms with E-state index in [1.165, 1.54) is 12.3 Å². The molecule has 38 heavy (non-hydrogen) atoms. The predicted octanol–water partition coefficient (Wildman–Crippen LogP) is 3.64. The number of aromatic nitrogens is 4. The minimum absolute atomic E-state index is 0.0122. The van der Waals surface area contributed by atoms with Crippen LogP contribution in [0.25, 0.3) is 34.3 Å². The third-order valence-corrected chi connectivity index (χ3v) is 8.64. The molecule has 0 aliphatic carbocycles. The van der Waals surface area contributed by atoms with E-state index >= 15 is 0 Å². The maximum atomic E-state index is 14.7. The average Bonchev–Trinajstić information content (AvgIpc) is 3.42. The fourth-order valence-corrected chi connectivity index (χ4v) is 5.94.